The zero-order valence-electron chi connectivity index (χ0n) is 11.2. The lowest BCUT2D eigenvalue weighted by atomic mass is 9.96. The van der Waals surface area contributed by atoms with E-state index >= 15 is 0 Å². The first-order valence-corrected chi connectivity index (χ1v) is 6.88. The second-order valence-electron chi connectivity index (χ2n) is 5.41. The van der Waals surface area contributed by atoms with Crippen LogP contribution in [0.15, 0.2) is 18.2 Å². The number of nitrogens with zero attached hydrogens (tertiary/aromatic N) is 1. The minimum Gasteiger partial charge on any atom is -0.397 e. The summed E-state index contributed by atoms with van der Waals surface area (Å²) in [5, 5.41) is 4.19. The summed E-state index contributed by atoms with van der Waals surface area (Å²) in [6.07, 6.45) is 5.11. The largest absolute Gasteiger partial charge is 0.397 e. The van der Waals surface area contributed by atoms with Gasteiger partial charge in [-0.3, -0.25) is 0 Å². The number of anilines is 2. The predicted molar refractivity (Wildman–Crippen MR) is 79.2 cm³/mol. The molecule has 3 N–H and O–H groups in total. The standard InChI is InChI=1S/C14H22ClN3/c1-18(2)14(7-3-4-8-14)10-17-13-9-11(15)5-6-12(13)16/h5-6,9,17H,3-4,7-8,10,16H2,1-2H3. The monoisotopic (exact) mass is 267 g/mol. The van der Waals surface area contributed by atoms with Crippen LogP contribution in [0.4, 0.5) is 11.4 Å². The molecule has 0 bridgehead atoms. The van der Waals surface area contributed by atoms with E-state index in [9.17, 15) is 0 Å². The Morgan fingerprint density at radius 1 is 1.33 bits per heavy atom. The lowest BCUT2D eigenvalue weighted by Crippen LogP contribution is -2.47. The summed E-state index contributed by atoms with van der Waals surface area (Å²) in [4.78, 5) is 2.34. The summed E-state index contributed by atoms with van der Waals surface area (Å²) in [5.74, 6) is 0. The second-order valence-corrected chi connectivity index (χ2v) is 5.85. The van der Waals surface area contributed by atoms with Crippen molar-refractivity contribution in [2.24, 2.45) is 0 Å². The molecule has 0 heterocycles. The number of hydrogen-bond acceptors (Lipinski definition) is 3. The average Bonchev–Trinajstić information content (AvgIpc) is 2.80. The molecule has 0 unspecified atom stereocenters. The van der Waals surface area contributed by atoms with Crippen LogP contribution < -0.4 is 11.1 Å². The van der Waals surface area contributed by atoms with E-state index in [1.54, 1.807) is 0 Å². The molecule has 1 aliphatic rings. The molecule has 0 radical (unpaired) electrons. The van der Waals surface area contributed by atoms with Gasteiger partial charge in [-0.2, -0.15) is 0 Å². The molecule has 0 aromatic heterocycles. The van der Waals surface area contributed by atoms with Crippen LogP contribution in [0, 0.1) is 0 Å². The number of hydrogen-bond donors (Lipinski definition) is 2. The van der Waals surface area contributed by atoms with Crippen molar-refractivity contribution in [3.05, 3.63) is 23.2 Å². The Bertz CT molecular complexity index is 412. The molecule has 18 heavy (non-hydrogen) atoms. The molecule has 0 spiro atoms. The van der Waals surface area contributed by atoms with Crippen LogP contribution in [0.3, 0.4) is 0 Å². The highest BCUT2D eigenvalue weighted by atomic mass is 35.5. The molecule has 1 aromatic carbocycles. The van der Waals surface area contributed by atoms with E-state index < -0.39 is 0 Å². The van der Waals surface area contributed by atoms with E-state index in [2.05, 4.69) is 24.3 Å². The SMILES string of the molecule is CN(C)C1(CNc2cc(Cl)ccc2N)CCCC1. The molecule has 0 amide bonds. The third-order valence-corrected chi connectivity index (χ3v) is 4.34. The zero-order valence-corrected chi connectivity index (χ0v) is 11.9. The van der Waals surface area contributed by atoms with E-state index in [0.717, 1.165) is 22.9 Å². The highest BCUT2D eigenvalue weighted by molar-refractivity contribution is 6.31. The molecular weight excluding hydrogens is 246 g/mol. The van der Waals surface area contributed by atoms with Crippen molar-refractivity contribution in [3.8, 4) is 0 Å². The Hall–Kier alpha value is -0.930. The highest BCUT2D eigenvalue weighted by Crippen LogP contribution is 2.34. The fourth-order valence-electron chi connectivity index (χ4n) is 2.76. The lowest BCUT2D eigenvalue weighted by Gasteiger charge is -2.37. The summed E-state index contributed by atoms with van der Waals surface area (Å²) < 4.78 is 0. The quantitative estimate of drug-likeness (QED) is 0.823. The Balaban J connectivity index is 2.08. The summed E-state index contributed by atoms with van der Waals surface area (Å²) in [6.45, 7) is 0.921. The zero-order chi connectivity index (χ0) is 13.2. The molecule has 0 atom stereocenters. The summed E-state index contributed by atoms with van der Waals surface area (Å²) in [6, 6.07) is 5.57. The summed E-state index contributed by atoms with van der Waals surface area (Å²) in [5.41, 5.74) is 7.91. The minimum atomic E-state index is 0.259. The van der Waals surface area contributed by atoms with Crippen molar-refractivity contribution in [1.29, 1.82) is 0 Å². The first-order chi connectivity index (χ1) is 8.53. The molecule has 3 nitrogen and oxygen atoms in total. The van der Waals surface area contributed by atoms with Crippen LogP contribution in [0.25, 0.3) is 0 Å². The lowest BCUT2D eigenvalue weighted by molar-refractivity contribution is 0.172. The maximum absolute atomic E-state index is 6.00. The Morgan fingerprint density at radius 3 is 2.61 bits per heavy atom. The molecule has 0 aliphatic heterocycles. The van der Waals surface area contributed by atoms with Crippen LogP contribution >= 0.6 is 11.6 Å². The van der Waals surface area contributed by atoms with E-state index in [4.69, 9.17) is 17.3 Å². The first-order valence-electron chi connectivity index (χ1n) is 6.50. The third-order valence-electron chi connectivity index (χ3n) is 4.11. The van der Waals surface area contributed by atoms with Crippen LogP contribution in [0.2, 0.25) is 5.02 Å². The van der Waals surface area contributed by atoms with Gasteiger partial charge in [-0.15, -0.1) is 0 Å². The van der Waals surface area contributed by atoms with Gasteiger partial charge < -0.3 is 16.0 Å². The van der Waals surface area contributed by atoms with Gasteiger partial charge in [-0.05, 0) is 45.1 Å². The fourth-order valence-corrected chi connectivity index (χ4v) is 2.93. The van der Waals surface area contributed by atoms with Crippen molar-refractivity contribution >= 4 is 23.0 Å². The van der Waals surface area contributed by atoms with Gasteiger partial charge in [0, 0.05) is 17.1 Å². The first kappa shape index (κ1) is 13.5. The van der Waals surface area contributed by atoms with Gasteiger partial charge in [0.2, 0.25) is 0 Å². The van der Waals surface area contributed by atoms with Gasteiger partial charge in [0.1, 0.15) is 0 Å². The molecule has 4 heteroatoms. The predicted octanol–water partition coefficient (Wildman–Crippen LogP) is 3.21. The molecule has 0 saturated heterocycles. The van der Waals surface area contributed by atoms with Gasteiger partial charge in [0.15, 0.2) is 0 Å². The Kier molecular flexibility index (Phi) is 4.03. The number of benzene rings is 1. The number of rotatable bonds is 4. The molecule has 2 rings (SSSR count). The summed E-state index contributed by atoms with van der Waals surface area (Å²) >= 11 is 6.00. The Labute approximate surface area is 114 Å². The Morgan fingerprint density at radius 2 is 2.00 bits per heavy atom. The minimum absolute atomic E-state index is 0.259. The molecule has 1 fully saturated rings. The van der Waals surface area contributed by atoms with Crippen LogP contribution in [0.1, 0.15) is 25.7 Å². The van der Waals surface area contributed by atoms with Crippen molar-refractivity contribution in [2.45, 2.75) is 31.2 Å². The van der Waals surface area contributed by atoms with Gasteiger partial charge in [-0.25, -0.2) is 0 Å². The number of halogens is 1. The highest BCUT2D eigenvalue weighted by Gasteiger charge is 2.35. The van der Waals surface area contributed by atoms with Crippen molar-refractivity contribution in [2.75, 3.05) is 31.7 Å². The fraction of sp³-hybridized carbons (Fsp3) is 0.571. The number of nitrogen functional groups attached to an aromatic ring is 1. The van der Waals surface area contributed by atoms with Crippen molar-refractivity contribution in [1.82, 2.24) is 4.90 Å². The van der Waals surface area contributed by atoms with E-state index in [-0.39, 0.29) is 5.54 Å². The molecule has 1 aliphatic carbocycles. The van der Waals surface area contributed by atoms with E-state index in [1.165, 1.54) is 25.7 Å². The summed E-state index contributed by atoms with van der Waals surface area (Å²) in [7, 11) is 4.32. The molecule has 100 valence electrons. The maximum Gasteiger partial charge on any atom is 0.0589 e. The third kappa shape index (κ3) is 2.73. The van der Waals surface area contributed by atoms with Gasteiger partial charge in [0.25, 0.3) is 0 Å². The number of likely N-dealkylation sites (N-methyl/N-ethyl adjacent to an activating group) is 1. The van der Waals surface area contributed by atoms with Gasteiger partial charge >= 0.3 is 0 Å². The smallest absolute Gasteiger partial charge is 0.0589 e. The second kappa shape index (κ2) is 5.37. The molecular formula is C14H22ClN3. The number of nitrogens with one attached hydrogen (secondary N) is 1. The normalized spacial score (nSPS) is 18.2. The van der Waals surface area contributed by atoms with Crippen molar-refractivity contribution in [3.63, 3.8) is 0 Å². The van der Waals surface area contributed by atoms with E-state index in [1.807, 2.05) is 18.2 Å². The average molecular weight is 268 g/mol. The molecule has 1 aromatic rings. The number of nitrogens with two attached hydrogens (primary N) is 1. The van der Waals surface area contributed by atoms with Crippen LogP contribution in [-0.2, 0) is 0 Å². The maximum atomic E-state index is 6.00. The van der Waals surface area contributed by atoms with Crippen molar-refractivity contribution < 1.29 is 0 Å². The van der Waals surface area contributed by atoms with Crippen LogP contribution in [0.5, 0.6) is 0 Å². The topological polar surface area (TPSA) is 41.3 Å². The van der Waals surface area contributed by atoms with Gasteiger partial charge in [-0.1, -0.05) is 24.4 Å². The van der Waals surface area contributed by atoms with Crippen LogP contribution in [-0.4, -0.2) is 31.1 Å². The molecule has 1 saturated carbocycles. The van der Waals surface area contributed by atoms with Gasteiger partial charge in [0.05, 0.1) is 11.4 Å². The van der Waals surface area contributed by atoms with E-state index in [0.29, 0.717) is 0 Å².